The Hall–Kier alpha value is -5.97. The lowest BCUT2D eigenvalue weighted by molar-refractivity contribution is 1.23. The van der Waals surface area contributed by atoms with Crippen LogP contribution in [0.2, 0.25) is 0 Å². The summed E-state index contributed by atoms with van der Waals surface area (Å²) in [6, 6.07) is 49.9. The first kappa shape index (κ1) is 27.2. The maximum absolute atomic E-state index is 5.41. The molecule has 0 saturated carbocycles. The van der Waals surface area contributed by atoms with E-state index < -0.39 is 0 Å². The van der Waals surface area contributed by atoms with Gasteiger partial charge in [0.2, 0.25) is 0 Å². The molecule has 3 heterocycles. The number of nitrogens with one attached hydrogen (secondary N) is 1. The summed E-state index contributed by atoms with van der Waals surface area (Å²) in [4.78, 5) is 9.19. The summed E-state index contributed by atoms with van der Waals surface area (Å²) in [6.07, 6.45) is 0. The molecule has 10 rings (SSSR count). The molecule has 0 saturated heterocycles. The molecule has 0 radical (unpaired) electrons. The number of aromatic amines is 1. The average molecular weight is 632 g/mol. The molecule has 0 aliphatic rings. The third-order valence-electron chi connectivity index (χ3n) is 9.79. The van der Waals surface area contributed by atoms with Gasteiger partial charge >= 0.3 is 0 Å². The van der Waals surface area contributed by atoms with E-state index in [1.54, 1.807) is 0 Å². The molecule has 0 spiro atoms. The van der Waals surface area contributed by atoms with Crippen LogP contribution in [0, 0.1) is 0 Å². The Kier molecular flexibility index (Phi) is 5.81. The summed E-state index contributed by atoms with van der Waals surface area (Å²) in [5, 5.41) is 12.1. The molecule has 3 aromatic heterocycles. The van der Waals surface area contributed by atoms with Crippen molar-refractivity contribution in [2.75, 3.05) is 0 Å². The topological polar surface area (TPSA) is 33.1 Å². The number of aliphatic imine (C=N–C) groups is 1. The number of hydrogen-bond donors (Lipinski definition) is 1. The Balaban J connectivity index is 1.33. The molecule has 0 aliphatic carbocycles. The van der Waals surface area contributed by atoms with Crippen molar-refractivity contribution in [3.8, 4) is 0 Å². The highest BCUT2D eigenvalue weighted by Crippen LogP contribution is 2.43. The second kappa shape index (κ2) is 10.3. The fourth-order valence-corrected chi connectivity index (χ4v) is 8.80. The van der Waals surface area contributed by atoms with E-state index in [0.29, 0.717) is 0 Å². The smallest absolute Gasteiger partial charge is 0.111 e. The second-order valence-corrected chi connectivity index (χ2v) is 13.6. The van der Waals surface area contributed by atoms with Crippen LogP contribution in [0.25, 0.3) is 86.8 Å². The fourth-order valence-electron chi connectivity index (χ4n) is 7.67. The van der Waals surface area contributed by atoms with Crippen molar-refractivity contribution in [2.45, 2.75) is 6.92 Å². The summed E-state index contributed by atoms with van der Waals surface area (Å²) in [5.41, 5.74) is 6.58. The average Bonchev–Trinajstić information content (AvgIpc) is 3.79. The first-order valence-corrected chi connectivity index (χ1v) is 17.1. The SMILES string of the molecule is C=c1cccc/c1=C(/N=C(C)n1c2ccccc2c2c3c(ccc4[nH]c5cc6sc7ccccc7c6cc5c43)ccc21)c1ccccc1. The first-order valence-electron chi connectivity index (χ1n) is 16.2. The predicted molar refractivity (Wildman–Crippen MR) is 208 cm³/mol. The van der Waals surface area contributed by atoms with Crippen LogP contribution in [0.5, 0.6) is 0 Å². The summed E-state index contributed by atoms with van der Waals surface area (Å²) in [7, 11) is 0. The van der Waals surface area contributed by atoms with Crippen molar-refractivity contribution in [1.29, 1.82) is 0 Å². The Morgan fingerprint density at radius 1 is 0.604 bits per heavy atom. The van der Waals surface area contributed by atoms with E-state index in [1.165, 1.54) is 58.0 Å². The molecule has 1 N–H and O–H groups in total. The number of thiophene rings is 1. The van der Waals surface area contributed by atoms with Gasteiger partial charge in [0.15, 0.2) is 0 Å². The van der Waals surface area contributed by atoms with Gasteiger partial charge in [0, 0.05) is 68.9 Å². The van der Waals surface area contributed by atoms with Crippen molar-refractivity contribution in [2.24, 2.45) is 4.99 Å². The van der Waals surface area contributed by atoms with Gasteiger partial charge in [0.1, 0.15) is 5.84 Å². The van der Waals surface area contributed by atoms with Gasteiger partial charge in [-0.15, -0.1) is 11.3 Å². The number of nitrogens with zero attached hydrogens (tertiary/aromatic N) is 2. The van der Waals surface area contributed by atoms with E-state index >= 15 is 0 Å². The molecule has 0 fully saturated rings. The quantitative estimate of drug-likeness (QED) is 0.146. The normalized spacial score (nSPS) is 13.2. The molecular weight excluding hydrogens is 603 g/mol. The lowest BCUT2D eigenvalue weighted by Crippen LogP contribution is -2.25. The van der Waals surface area contributed by atoms with Gasteiger partial charge in [-0.3, -0.25) is 4.57 Å². The van der Waals surface area contributed by atoms with Gasteiger partial charge in [0.25, 0.3) is 0 Å². The molecule has 0 atom stereocenters. The molecule has 4 heteroatoms. The number of para-hydroxylation sites is 1. The van der Waals surface area contributed by atoms with Crippen molar-refractivity contribution < 1.29 is 0 Å². The summed E-state index contributed by atoms with van der Waals surface area (Å²) >= 11 is 1.86. The molecule has 0 aliphatic heterocycles. The van der Waals surface area contributed by atoms with Crippen LogP contribution in [0.15, 0.2) is 145 Å². The molecule has 0 amide bonds. The monoisotopic (exact) mass is 631 g/mol. The van der Waals surface area contributed by atoms with Crippen LogP contribution < -0.4 is 10.4 Å². The molecule has 3 nitrogen and oxygen atoms in total. The summed E-state index contributed by atoms with van der Waals surface area (Å²) < 4.78 is 4.96. The minimum absolute atomic E-state index is 0.903. The fraction of sp³-hybridized carbons (Fsp3) is 0.0227. The van der Waals surface area contributed by atoms with E-state index in [2.05, 4.69) is 150 Å². The van der Waals surface area contributed by atoms with Crippen LogP contribution in [0.3, 0.4) is 0 Å². The van der Waals surface area contributed by atoms with Gasteiger partial charge in [-0.05, 0) is 53.9 Å². The van der Waals surface area contributed by atoms with Gasteiger partial charge in [-0.1, -0.05) is 110 Å². The van der Waals surface area contributed by atoms with Gasteiger partial charge in [-0.25, -0.2) is 4.99 Å². The first-order chi connectivity index (χ1) is 23.6. The molecular formula is C44H29N3S. The highest BCUT2D eigenvalue weighted by atomic mass is 32.1. The Bertz CT molecular complexity index is 3080. The maximum atomic E-state index is 5.41. The maximum Gasteiger partial charge on any atom is 0.111 e. The Morgan fingerprint density at radius 2 is 1.35 bits per heavy atom. The third-order valence-corrected chi connectivity index (χ3v) is 10.9. The zero-order valence-electron chi connectivity index (χ0n) is 26.3. The number of H-pyrrole nitrogens is 1. The highest BCUT2D eigenvalue weighted by Gasteiger charge is 2.19. The zero-order valence-corrected chi connectivity index (χ0v) is 27.1. The molecule has 226 valence electrons. The summed E-state index contributed by atoms with van der Waals surface area (Å²) in [5.74, 6) is 0.903. The molecule has 10 aromatic rings. The van der Waals surface area contributed by atoms with E-state index in [9.17, 15) is 0 Å². The minimum atomic E-state index is 0.903. The van der Waals surface area contributed by atoms with E-state index in [0.717, 1.165) is 44.1 Å². The van der Waals surface area contributed by atoms with Crippen LogP contribution in [-0.2, 0) is 0 Å². The number of fused-ring (bicyclic) bond motifs is 12. The van der Waals surface area contributed by atoms with Crippen molar-refractivity contribution >= 4 is 104 Å². The molecule has 0 bridgehead atoms. The van der Waals surface area contributed by atoms with Crippen LogP contribution >= 0.6 is 11.3 Å². The Morgan fingerprint density at radius 3 is 2.23 bits per heavy atom. The van der Waals surface area contributed by atoms with E-state index in [4.69, 9.17) is 4.99 Å². The van der Waals surface area contributed by atoms with Crippen LogP contribution in [0.4, 0.5) is 0 Å². The number of rotatable bonds is 2. The standard InChI is InChI=1S/C44H29N3S/c1-26-12-6-7-15-30(26)44(29-13-4-3-5-14-29)45-27(2)47-37-18-10-8-17-32(37)43-38(47)23-21-28-20-22-35-42(41(28)43)34-24-33-31-16-9-11-19-39(31)48-40(33)25-36(34)46-35/h3-25,46H,1H2,2H3/b44-30-,45-27?. The zero-order chi connectivity index (χ0) is 31.9. The Labute approximate surface area is 280 Å². The molecule has 48 heavy (non-hydrogen) atoms. The largest absolute Gasteiger partial charge is 0.354 e. The lowest BCUT2D eigenvalue weighted by Gasteiger charge is -2.11. The van der Waals surface area contributed by atoms with Crippen LogP contribution in [-0.4, -0.2) is 15.4 Å². The number of aromatic nitrogens is 2. The summed E-state index contributed by atoms with van der Waals surface area (Å²) in [6.45, 7) is 6.47. The van der Waals surface area contributed by atoms with Crippen molar-refractivity contribution in [3.63, 3.8) is 0 Å². The van der Waals surface area contributed by atoms with Crippen molar-refractivity contribution in [1.82, 2.24) is 9.55 Å². The van der Waals surface area contributed by atoms with E-state index in [1.807, 2.05) is 23.5 Å². The predicted octanol–water partition coefficient (Wildman–Crippen LogP) is 10.5. The number of hydrogen-bond acceptors (Lipinski definition) is 2. The van der Waals surface area contributed by atoms with Gasteiger partial charge < -0.3 is 4.98 Å². The minimum Gasteiger partial charge on any atom is -0.354 e. The molecule has 0 unspecified atom stereocenters. The highest BCUT2D eigenvalue weighted by molar-refractivity contribution is 7.25. The van der Waals surface area contributed by atoms with Crippen LogP contribution in [0.1, 0.15) is 12.5 Å². The third kappa shape index (κ3) is 3.90. The molecule has 7 aromatic carbocycles. The lowest BCUT2D eigenvalue weighted by atomic mass is 9.98. The number of benzene rings is 7. The van der Waals surface area contributed by atoms with Gasteiger partial charge in [0.05, 0.1) is 16.7 Å². The second-order valence-electron chi connectivity index (χ2n) is 12.5. The van der Waals surface area contributed by atoms with Gasteiger partial charge in [-0.2, -0.15) is 0 Å². The van der Waals surface area contributed by atoms with Crippen molar-refractivity contribution in [3.05, 3.63) is 156 Å². The van der Waals surface area contributed by atoms with E-state index in [-0.39, 0.29) is 0 Å².